The van der Waals surface area contributed by atoms with Crippen LogP contribution in [-0.4, -0.2) is 20.3 Å². The summed E-state index contributed by atoms with van der Waals surface area (Å²) >= 11 is 6.13. The number of amides is 1. The summed E-state index contributed by atoms with van der Waals surface area (Å²) < 4.78 is 4.54. The van der Waals surface area contributed by atoms with Crippen LogP contribution < -0.4 is 10.4 Å². The Morgan fingerprint density at radius 1 is 1.40 bits per heavy atom. The Morgan fingerprint density at radius 2 is 2.05 bits per heavy atom. The normalized spacial score (nSPS) is 10.3. The summed E-state index contributed by atoms with van der Waals surface area (Å²) in [5.74, 6) is 6.25. The highest BCUT2D eigenvalue weighted by atomic mass is 35.5. The zero-order valence-corrected chi connectivity index (χ0v) is 13.1. The first-order valence-electron chi connectivity index (χ1n) is 6.14. The summed E-state index contributed by atoms with van der Waals surface area (Å²) in [6.07, 6.45) is -0.560. The van der Waals surface area contributed by atoms with Crippen LogP contribution in [0.4, 0.5) is 10.5 Å². The first-order chi connectivity index (χ1) is 9.23. The molecule has 0 heterocycles. The fraction of sp³-hybridized carbons (Fsp3) is 0.400. The van der Waals surface area contributed by atoms with Crippen LogP contribution in [0.3, 0.4) is 0 Å². The number of carbonyl (C=O) groups excluding carboxylic acids is 1. The lowest BCUT2D eigenvalue weighted by atomic mass is 9.97. The van der Waals surface area contributed by atoms with E-state index in [-0.39, 0.29) is 5.41 Å². The highest BCUT2D eigenvalue weighted by Crippen LogP contribution is 2.25. The van der Waals surface area contributed by atoms with Gasteiger partial charge in [0.15, 0.2) is 0 Å². The third-order valence-corrected chi connectivity index (χ3v) is 2.65. The maximum absolute atomic E-state index is 11.2. The summed E-state index contributed by atoms with van der Waals surface area (Å²) in [7, 11) is 2.98. The molecule has 4 nitrogen and oxygen atoms in total. The van der Waals surface area contributed by atoms with Crippen LogP contribution in [-0.2, 0) is 4.74 Å². The van der Waals surface area contributed by atoms with Crippen molar-refractivity contribution in [3.05, 3.63) is 28.8 Å². The molecule has 1 rings (SSSR count). The largest absolute Gasteiger partial charge is 0.452 e. The van der Waals surface area contributed by atoms with Crippen molar-refractivity contribution in [2.45, 2.75) is 20.8 Å². The van der Waals surface area contributed by atoms with Gasteiger partial charge < -0.3 is 4.74 Å². The van der Waals surface area contributed by atoms with Gasteiger partial charge in [-0.3, -0.25) is 5.01 Å². The summed E-state index contributed by atoms with van der Waals surface area (Å²) in [5, 5.41) is 2.02. The number of rotatable bonds is 2. The molecule has 0 radical (unpaired) electrons. The second kappa shape index (κ2) is 6.53. The number of anilines is 1. The maximum Gasteiger partial charge on any atom is 0.425 e. The minimum Gasteiger partial charge on any atom is -0.452 e. The van der Waals surface area contributed by atoms with Crippen molar-refractivity contribution in [3.8, 4) is 11.8 Å². The molecule has 1 amide bonds. The van der Waals surface area contributed by atoms with Crippen molar-refractivity contribution in [1.82, 2.24) is 5.43 Å². The van der Waals surface area contributed by atoms with Gasteiger partial charge in [-0.15, -0.1) is 0 Å². The molecule has 1 N–H and O–H groups in total. The number of nitrogens with one attached hydrogen (secondary N) is 1. The Hall–Kier alpha value is -1.86. The molecule has 0 fully saturated rings. The molecule has 0 aromatic heterocycles. The third-order valence-electron chi connectivity index (χ3n) is 2.33. The highest BCUT2D eigenvalue weighted by Gasteiger charge is 2.10. The first kappa shape index (κ1) is 16.2. The number of methoxy groups -OCH3 is 1. The van der Waals surface area contributed by atoms with Crippen molar-refractivity contribution in [3.63, 3.8) is 0 Å². The number of hydrogen-bond donors (Lipinski definition) is 1. The van der Waals surface area contributed by atoms with Gasteiger partial charge in [0, 0.05) is 18.0 Å². The Labute approximate surface area is 125 Å². The lowest BCUT2D eigenvalue weighted by Gasteiger charge is -2.20. The van der Waals surface area contributed by atoms with Crippen molar-refractivity contribution >= 4 is 23.4 Å². The molecule has 0 aliphatic carbocycles. The molecular weight excluding hydrogens is 276 g/mol. The lowest BCUT2D eigenvalue weighted by Crippen LogP contribution is -2.39. The average Bonchev–Trinajstić information content (AvgIpc) is 2.36. The number of hydrogen-bond acceptors (Lipinski definition) is 3. The van der Waals surface area contributed by atoms with Crippen LogP contribution in [0.15, 0.2) is 18.2 Å². The Kier molecular flexibility index (Phi) is 5.29. The molecule has 0 aliphatic rings. The number of halogens is 1. The molecule has 0 atom stereocenters. The summed E-state index contributed by atoms with van der Waals surface area (Å²) in [4.78, 5) is 11.2. The predicted octanol–water partition coefficient (Wildman–Crippen LogP) is 3.44. The van der Waals surface area contributed by atoms with Crippen LogP contribution in [0, 0.1) is 17.3 Å². The molecule has 0 aliphatic heterocycles. The van der Waals surface area contributed by atoms with Crippen LogP contribution in [0.5, 0.6) is 0 Å². The third kappa shape index (κ3) is 5.02. The SMILES string of the molecule is COC(=O)NN(C)c1cc(C#CC(C)(C)C)ccc1Cl. The van der Waals surface area contributed by atoms with Gasteiger partial charge in [0.2, 0.25) is 0 Å². The van der Waals surface area contributed by atoms with Gasteiger partial charge in [0.05, 0.1) is 17.8 Å². The quantitative estimate of drug-likeness (QED) is 0.671. The van der Waals surface area contributed by atoms with Gasteiger partial charge in [-0.05, 0) is 39.0 Å². The zero-order chi connectivity index (χ0) is 15.3. The topological polar surface area (TPSA) is 41.6 Å². The first-order valence-corrected chi connectivity index (χ1v) is 6.52. The summed E-state index contributed by atoms with van der Waals surface area (Å²) in [5.41, 5.74) is 3.93. The summed E-state index contributed by atoms with van der Waals surface area (Å²) in [6.45, 7) is 6.13. The van der Waals surface area contributed by atoms with Crippen LogP contribution in [0.25, 0.3) is 0 Å². The monoisotopic (exact) mass is 294 g/mol. The molecule has 5 heteroatoms. The zero-order valence-electron chi connectivity index (χ0n) is 12.4. The predicted molar refractivity (Wildman–Crippen MR) is 81.7 cm³/mol. The Bertz CT molecular complexity index is 553. The number of ether oxygens (including phenoxy) is 1. The molecule has 0 bridgehead atoms. The minimum absolute atomic E-state index is 0.0734. The van der Waals surface area contributed by atoms with E-state index in [2.05, 4.69) is 22.0 Å². The van der Waals surface area contributed by atoms with E-state index in [1.165, 1.54) is 12.1 Å². The molecule has 1 aromatic carbocycles. The van der Waals surface area contributed by atoms with Gasteiger partial charge in [-0.1, -0.05) is 23.4 Å². The molecular formula is C15H19ClN2O2. The smallest absolute Gasteiger partial charge is 0.425 e. The number of benzene rings is 1. The number of carbonyl (C=O) groups is 1. The molecule has 0 unspecified atom stereocenters. The second-order valence-electron chi connectivity index (χ2n) is 5.33. The number of hydrazine groups is 1. The van der Waals surface area contributed by atoms with E-state index in [4.69, 9.17) is 11.6 Å². The van der Waals surface area contributed by atoms with E-state index in [0.717, 1.165) is 5.56 Å². The lowest BCUT2D eigenvalue weighted by molar-refractivity contribution is 0.170. The Balaban J connectivity index is 3.02. The summed E-state index contributed by atoms with van der Waals surface area (Å²) in [6, 6.07) is 5.41. The second-order valence-corrected chi connectivity index (χ2v) is 5.74. The van der Waals surface area contributed by atoms with Crippen LogP contribution in [0.1, 0.15) is 26.3 Å². The van der Waals surface area contributed by atoms with Crippen molar-refractivity contribution in [1.29, 1.82) is 0 Å². The van der Waals surface area contributed by atoms with Crippen molar-refractivity contribution < 1.29 is 9.53 Å². The molecule has 0 saturated heterocycles. The minimum atomic E-state index is -0.560. The highest BCUT2D eigenvalue weighted by molar-refractivity contribution is 6.33. The van der Waals surface area contributed by atoms with E-state index in [1.54, 1.807) is 13.1 Å². The molecule has 0 saturated carbocycles. The fourth-order valence-corrected chi connectivity index (χ4v) is 1.59. The van der Waals surface area contributed by atoms with Crippen molar-refractivity contribution in [2.75, 3.05) is 19.2 Å². The standard InChI is InChI=1S/C15H19ClN2O2/c1-15(2,3)9-8-11-6-7-12(16)13(10-11)18(4)17-14(19)20-5/h6-7,10H,1-5H3,(H,17,19). The van der Waals surface area contributed by atoms with Crippen LogP contribution in [0.2, 0.25) is 5.02 Å². The average molecular weight is 295 g/mol. The van der Waals surface area contributed by atoms with Gasteiger partial charge in [-0.2, -0.15) is 0 Å². The number of nitrogens with zero attached hydrogens (tertiary/aromatic N) is 1. The van der Waals surface area contributed by atoms with E-state index in [0.29, 0.717) is 10.7 Å². The van der Waals surface area contributed by atoms with Crippen molar-refractivity contribution in [2.24, 2.45) is 5.41 Å². The fourth-order valence-electron chi connectivity index (χ4n) is 1.35. The molecule has 1 aromatic rings. The van der Waals surface area contributed by atoms with Gasteiger partial charge in [0.25, 0.3) is 0 Å². The Morgan fingerprint density at radius 3 is 2.60 bits per heavy atom. The van der Waals surface area contributed by atoms with E-state index < -0.39 is 6.09 Å². The van der Waals surface area contributed by atoms with Gasteiger partial charge in [-0.25, -0.2) is 10.2 Å². The van der Waals surface area contributed by atoms with E-state index in [1.807, 2.05) is 32.9 Å². The molecule has 0 spiro atoms. The van der Waals surface area contributed by atoms with E-state index in [9.17, 15) is 4.79 Å². The molecule has 108 valence electrons. The van der Waals surface area contributed by atoms with Gasteiger partial charge >= 0.3 is 6.09 Å². The van der Waals surface area contributed by atoms with E-state index >= 15 is 0 Å². The molecule has 20 heavy (non-hydrogen) atoms. The van der Waals surface area contributed by atoms with Crippen LogP contribution >= 0.6 is 11.6 Å². The van der Waals surface area contributed by atoms with Gasteiger partial charge in [0.1, 0.15) is 0 Å². The maximum atomic E-state index is 11.2.